The maximum Gasteiger partial charge on any atom is 0.251 e. The number of amides is 2. The van der Waals surface area contributed by atoms with Gasteiger partial charge in [0.15, 0.2) is 0 Å². The highest BCUT2D eigenvalue weighted by Gasteiger charge is 2.45. The Labute approximate surface area is 99.4 Å². The Hall–Kier alpha value is -1.88. The van der Waals surface area contributed by atoms with Gasteiger partial charge in [-0.3, -0.25) is 9.59 Å². The predicted octanol–water partition coefficient (Wildman–Crippen LogP) is 0.476. The molecule has 0 heterocycles. The van der Waals surface area contributed by atoms with Crippen molar-refractivity contribution in [2.24, 2.45) is 5.73 Å². The van der Waals surface area contributed by atoms with E-state index in [-0.39, 0.29) is 11.8 Å². The van der Waals surface area contributed by atoms with Crippen molar-refractivity contribution in [3.63, 3.8) is 0 Å². The Morgan fingerprint density at radius 3 is 2.29 bits per heavy atom. The van der Waals surface area contributed by atoms with Crippen LogP contribution in [0, 0.1) is 0 Å². The highest BCUT2D eigenvalue weighted by Crippen LogP contribution is 2.33. The second-order valence-corrected chi connectivity index (χ2v) is 4.27. The molecule has 0 radical (unpaired) electrons. The van der Waals surface area contributed by atoms with Crippen molar-refractivity contribution in [2.45, 2.75) is 18.4 Å². The van der Waals surface area contributed by atoms with Crippen molar-refractivity contribution in [3.05, 3.63) is 29.8 Å². The fourth-order valence-electron chi connectivity index (χ4n) is 1.47. The number of carbonyl (C=O) groups excluding carboxylic acids is 2. The first-order chi connectivity index (χ1) is 8.05. The van der Waals surface area contributed by atoms with Crippen LogP contribution in [0.1, 0.15) is 23.2 Å². The summed E-state index contributed by atoms with van der Waals surface area (Å²) in [6.07, 6.45) is 1.46. The number of carbonyl (C=O) groups is 2. The molecule has 5 nitrogen and oxygen atoms in total. The van der Waals surface area contributed by atoms with Crippen molar-refractivity contribution >= 4 is 17.5 Å². The summed E-state index contributed by atoms with van der Waals surface area (Å²) in [5, 5.41) is 5.26. The molecule has 4 N–H and O–H groups in total. The number of nitrogens with one attached hydrogen (secondary N) is 2. The third-order valence-corrected chi connectivity index (χ3v) is 2.87. The van der Waals surface area contributed by atoms with Gasteiger partial charge in [-0.15, -0.1) is 0 Å². The van der Waals surface area contributed by atoms with E-state index in [0.717, 1.165) is 12.8 Å². The lowest BCUT2D eigenvalue weighted by Crippen LogP contribution is -2.37. The molecule has 5 heteroatoms. The summed E-state index contributed by atoms with van der Waals surface area (Å²) in [6.45, 7) is 0. The number of benzene rings is 1. The van der Waals surface area contributed by atoms with Gasteiger partial charge < -0.3 is 16.4 Å². The minimum atomic E-state index is -0.681. The molecular weight excluding hydrogens is 218 g/mol. The zero-order chi connectivity index (χ0) is 12.5. The monoisotopic (exact) mass is 233 g/mol. The Balaban J connectivity index is 2.03. The molecule has 1 aliphatic carbocycles. The predicted molar refractivity (Wildman–Crippen MR) is 64.6 cm³/mol. The zero-order valence-corrected chi connectivity index (χ0v) is 9.62. The average molecular weight is 233 g/mol. The standard InChI is InChI=1S/C12H15N3O2/c1-14-10(16)8-2-4-9(5-3-8)15-11(17)12(13)6-7-12/h2-5H,6-7,13H2,1H3,(H,14,16)(H,15,17). The van der Waals surface area contributed by atoms with Crippen molar-refractivity contribution in [3.8, 4) is 0 Å². The van der Waals surface area contributed by atoms with Crippen LogP contribution in [0.15, 0.2) is 24.3 Å². The van der Waals surface area contributed by atoms with Gasteiger partial charge in [-0.2, -0.15) is 0 Å². The molecule has 90 valence electrons. The van der Waals surface area contributed by atoms with Gasteiger partial charge in [-0.1, -0.05) is 0 Å². The van der Waals surface area contributed by atoms with E-state index < -0.39 is 5.54 Å². The third kappa shape index (κ3) is 2.45. The van der Waals surface area contributed by atoms with E-state index in [4.69, 9.17) is 5.73 Å². The topological polar surface area (TPSA) is 84.2 Å². The number of nitrogens with two attached hydrogens (primary N) is 1. The molecule has 2 rings (SSSR count). The number of anilines is 1. The Morgan fingerprint density at radius 1 is 1.24 bits per heavy atom. The molecule has 0 spiro atoms. The Bertz CT molecular complexity index is 449. The molecule has 0 unspecified atom stereocenters. The Kier molecular flexibility index (Phi) is 2.85. The first-order valence-electron chi connectivity index (χ1n) is 5.48. The summed E-state index contributed by atoms with van der Waals surface area (Å²) >= 11 is 0. The van der Waals surface area contributed by atoms with E-state index in [1.54, 1.807) is 31.3 Å². The maximum atomic E-state index is 11.7. The van der Waals surface area contributed by atoms with Gasteiger partial charge in [0.05, 0.1) is 5.54 Å². The van der Waals surface area contributed by atoms with E-state index in [1.165, 1.54) is 0 Å². The van der Waals surface area contributed by atoms with Gasteiger partial charge in [0.1, 0.15) is 0 Å². The highest BCUT2D eigenvalue weighted by molar-refractivity contribution is 6.00. The molecule has 1 fully saturated rings. The molecule has 17 heavy (non-hydrogen) atoms. The van der Waals surface area contributed by atoms with Crippen LogP contribution in [0.5, 0.6) is 0 Å². The second kappa shape index (κ2) is 4.18. The van der Waals surface area contributed by atoms with E-state index >= 15 is 0 Å². The number of hydrogen-bond donors (Lipinski definition) is 3. The minimum absolute atomic E-state index is 0.152. The van der Waals surface area contributed by atoms with Crippen LogP contribution in [-0.2, 0) is 4.79 Å². The van der Waals surface area contributed by atoms with E-state index in [9.17, 15) is 9.59 Å². The van der Waals surface area contributed by atoms with Gasteiger partial charge in [0.25, 0.3) is 5.91 Å². The summed E-state index contributed by atoms with van der Waals surface area (Å²) < 4.78 is 0. The molecule has 2 amide bonds. The van der Waals surface area contributed by atoms with Crippen LogP contribution in [0.4, 0.5) is 5.69 Å². The van der Waals surface area contributed by atoms with Crippen molar-refractivity contribution < 1.29 is 9.59 Å². The lowest BCUT2D eigenvalue weighted by molar-refractivity contribution is -0.118. The molecule has 1 aromatic rings. The van der Waals surface area contributed by atoms with Gasteiger partial charge in [0.2, 0.25) is 5.91 Å². The molecule has 0 bridgehead atoms. The second-order valence-electron chi connectivity index (χ2n) is 4.27. The van der Waals surface area contributed by atoms with Gasteiger partial charge in [-0.05, 0) is 37.1 Å². The zero-order valence-electron chi connectivity index (χ0n) is 9.62. The fourth-order valence-corrected chi connectivity index (χ4v) is 1.47. The Morgan fingerprint density at radius 2 is 1.82 bits per heavy atom. The van der Waals surface area contributed by atoms with E-state index in [2.05, 4.69) is 10.6 Å². The van der Waals surface area contributed by atoms with Gasteiger partial charge in [-0.25, -0.2) is 0 Å². The largest absolute Gasteiger partial charge is 0.355 e. The van der Waals surface area contributed by atoms with Gasteiger partial charge in [0, 0.05) is 18.3 Å². The summed E-state index contributed by atoms with van der Waals surface area (Å²) in [7, 11) is 1.57. The van der Waals surface area contributed by atoms with E-state index in [0.29, 0.717) is 11.3 Å². The van der Waals surface area contributed by atoms with Crippen LogP contribution in [0.3, 0.4) is 0 Å². The average Bonchev–Trinajstić information content (AvgIpc) is 3.09. The molecule has 0 atom stereocenters. The summed E-state index contributed by atoms with van der Waals surface area (Å²) in [4.78, 5) is 23.0. The molecule has 0 aromatic heterocycles. The minimum Gasteiger partial charge on any atom is -0.355 e. The van der Waals surface area contributed by atoms with Crippen molar-refractivity contribution in [1.29, 1.82) is 0 Å². The molecular formula is C12H15N3O2. The lowest BCUT2D eigenvalue weighted by Gasteiger charge is -2.10. The van der Waals surface area contributed by atoms with Crippen LogP contribution in [-0.4, -0.2) is 24.4 Å². The summed E-state index contributed by atoms with van der Waals surface area (Å²) in [6, 6.07) is 6.69. The third-order valence-electron chi connectivity index (χ3n) is 2.87. The maximum absolute atomic E-state index is 11.7. The molecule has 0 saturated heterocycles. The molecule has 0 aliphatic heterocycles. The van der Waals surface area contributed by atoms with Crippen LogP contribution >= 0.6 is 0 Å². The quantitative estimate of drug-likeness (QED) is 0.709. The first kappa shape index (κ1) is 11.6. The smallest absolute Gasteiger partial charge is 0.251 e. The van der Waals surface area contributed by atoms with Gasteiger partial charge >= 0.3 is 0 Å². The van der Waals surface area contributed by atoms with Crippen LogP contribution < -0.4 is 16.4 Å². The molecule has 1 aromatic carbocycles. The summed E-state index contributed by atoms with van der Waals surface area (Å²) in [5.74, 6) is -0.314. The fraction of sp³-hybridized carbons (Fsp3) is 0.333. The normalized spacial score (nSPS) is 16.1. The van der Waals surface area contributed by atoms with Crippen molar-refractivity contribution in [2.75, 3.05) is 12.4 Å². The SMILES string of the molecule is CNC(=O)c1ccc(NC(=O)C2(N)CC2)cc1. The van der Waals surface area contributed by atoms with E-state index in [1.807, 2.05) is 0 Å². The lowest BCUT2D eigenvalue weighted by atomic mass is 10.2. The number of hydrogen-bond acceptors (Lipinski definition) is 3. The molecule has 1 aliphatic rings. The summed E-state index contributed by atoms with van der Waals surface area (Å²) in [5.41, 5.74) is 6.29. The number of rotatable bonds is 3. The molecule has 1 saturated carbocycles. The first-order valence-corrected chi connectivity index (χ1v) is 5.48. The van der Waals surface area contributed by atoms with Crippen LogP contribution in [0.25, 0.3) is 0 Å². The van der Waals surface area contributed by atoms with Crippen molar-refractivity contribution in [1.82, 2.24) is 5.32 Å². The van der Waals surface area contributed by atoms with Crippen LogP contribution in [0.2, 0.25) is 0 Å². The highest BCUT2D eigenvalue weighted by atomic mass is 16.2.